The van der Waals surface area contributed by atoms with Crippen LogP contribution in [0, 0.1) is 0 Å². The molecule has 4 rings (SSSR count). The molecule has 3 unspecified atom stereocenters. The van der Waals surface area contributed by atoms with Gasteiger partial charge < -0.3 is 15.0 Å². The second-order valence-corrected chi connectivity index (χ2v) is 7.97. The number of morpholine rings is 1. The first-order valence-corrected chi connectivity index (χ1v) is 10.2. The molecule has 5 nitrogen and oxygen atoms in total. The lowest BCUT2D eigenvalue weighted by Crippen LogP contribution is -2.58. The SMILES string of the molecule is O=C(CN1CCNCC1c1ccccc1Cl)N1CCOC2CCCCC21. The van der Waals surface area contributed by atoms with Crippen molar-refractivity contribution in [3.8, 4) is 0 Å². The minimum Gasteiger partial charge on any atom is -0.374 e. The van der Waals surface area contributed by atoms with Crippen LogP contribution in [0.2, 0.25) is 5.02 Å². The normalized spacial score (nSPS) is 30.0. The number of amides is 1. The number of carbonyl (C=O) groups is 1. The predicted molar refractivity (Wildman–Crippen MR) is 102 cm³/mol. The van der Waals surface area contributed by atoms with Crippen LogP contribution in [0.25, 0.3) is 0 Å². The maximum atomic E-state index is 13.2. The summed E-state index contributed by atoms with van der Waals surface area (Å²) in [4.78, 5) is 17.5. The second-order valence-electron chi connectivity index (χ2n) is 7.56. The van der Waals surface area contributed by atoms with Crippen LogP contribution in [-0.2, 0) is 9.53 Å². The van der Waals surface area contributed by atoms with E-state index in [9.17, 15) is 4.79 Å². The zero-order valence-corrected chi connectivity index (χ0v) is 16.0. The number of hydrogen-bond donors (Lipinski definition) is 1. The first kappa shape index (κ1) is 18.2. The van der Waals surface area contributed by atoms with Gasteiger partial charge in [-0.1, -0.05) is 42.6 Å². The molecule has 0 radical (unpaired) electrons. The van der Waals surface area contributed by atoms with Crippen molar-refractivity contribution in [3.63, 3.8) is 0 Å². The van der Waals surface area contributed by atoms with Crippen LogP contribution in [0.1, 0.15) is 37.3 Å². The molecule has 2 heterocycles. The Morgan fingerprint density at radius 1 is 1.23 bits per heavy atom. The van der Waals surface area contributed by atoms with E-state index < -0.39 is 0 Å². The van der Waals surface area contributed by atoms with Crippen LogP contribution in [0.15, 0.2) is 24.3 Å². The van der Waals surface area contributed by atoms with E-state index in [1.165, 1.54) is 12.8 Å². The standard InChI is InChI=1S/C20H28ClN3O2/c21-16-6-2-1-5-15(16)18-13-22-9-10-23(18)14-20(25)24-11-12-26-19-8-4-3-7-17(19)24/h1-2,5-6,17-19,22H,3-4,7-14H2. The maximum absolute atomic E-state index is 13.2. The number of fused-ring (bicyclic) bond motifs is 1. The highest BCUT2D eigenvalue weighted by Crippen LogP contribution is 2.31. The minimum absolute atomic E-state index is 0.143. The molecule has 1 saturated carbocycles. The van der Waals surface area contributed by atoms with Crippen molar-refractivity contribution < 1.29 is 9.53 Å². The Kier molecular flexibility index (Phi) is 5.79. The lowest BCUT2D eigenvalue weighted by atomic mass is 9.90. The van der Waals surface area contributed by atoms with Gasteiger partial charge in [0, 0.05) is 37.2 Å². The summed E-state index contributed by atoms with van der Waals surface area (Å²) in [5.74, 6) is 0.240. The molecule has 1 N–H and O–H groups in total. The van der Waals surface area contributed by atoms with Gasteiger partial charge in [-0.15, -0.1) is 0 Å². The van der Waals surface area contributed by atoms with E-state index in [1.807, 2.05) is 18.2 Å². The topological polar surface area (TPSA) is 44.8 Å². The number of piperazine rings is 1. The monoisotopic (exact) mass is 377 g/mol. The number of carbonyl (C=O) groups excluding carboxylic acids is 1. The minimum atomic E-state index is 0.143. The van der Waals surface area contributed by atoms with E-state index in [0.717, 1.165) is 49.6 Å². The molecule has 2 aliphatic heterocycles. The van der Waals surface area contributed by atoms with Crippen molar-refractivity contribution >= 4 is 17.5 Å². The summed E-state index contributed by atoms with van der Waals surface area (Å²) in [5, 5.41) is 4.22. The van der Waals surface area contributed by atoms with E-state index in [0.29, 0.717) is 13.2 Å². The number of nitrogens with one attached hydrogen (secondary N) is 1. The van der Waals surface area contributed by atoms with Gasteiger partial charge in [0.05, 0.1) is 25.3 Å². The summed E-state index contributed by atoms with van der Waals surface area (Å²) < 4.78 is 5.92. The Balaban J connectivity index is 1.47. The zero-order chi connectivity index (χ0) is 17.9. The summed E-state index contributed by atoms with van der Waals surface area (Å²) in [6.07, 6.45) is 4.82. The van der Waals surface area contributed by atoms with Gasteiger partial charge in [-0.2, -0.15) is 0 Å². The highest BCUT2D eigenvalue weighted by molar-refractivity contribution is 6.31. The van der Waals surface area contributed by atoms with E-state index in [2.05, 4.69) is 21.2 Å². The predicted octanol–water partition coefficient (Wildman–Crippen LogP) is 2.46. The average molecular weight is 378 g/mol. The first-order valence-electron chi connectivity index (χ1n) is 9.84. The van der Waals surface area contributed by atoms with Gasteiger partial charge in [-0.25, -0.2) is 0 Å². The van der Waals surface area contributed by atoms with Crippen LogP contribution in [0.3, 0.4) is 0 Å². The van der Waals surface area contributed by atoms with Crippen molar-refractivity contribution in [2.75, 3.05) is 39.3 Å². The third-order valence-corrected chi connectivity index (χ3v) is 6.35. The Bertz CT molecular complexity index is 639. The Labute approximate surface area is 160 Å². The number of benzene rings is 1. The van der Waals surface area contributed by atoms with Crippen LogP contribution >= 0.6 is 11.6 Å². The molecule has 0 spiro atoms. The van der Waals surface area contributed by atoms with Crippen molar-refractivity contribution in [3.05, 3.63) is 34.9 Å². The molecule has 3 atom stereocenters. The number of rotatable bonds is 3. The maximum Gasteiger partial charge on any atom is 0.237 e. The average Bonchev–Trinajstić information content (AvgIpc) is 2.68. The van der Waals surface area contributed by atoms with E-state index in [4.69, 9.17) is 16.3 Å². The van der Waals surface area contributed by atoms with Gasteiger partial charge in [0.2, 0.25) is 5.91 Å². The highest BCUT2D eigenvalue weighted by Gasteiger charge is 2.38. The largest absolute Gasteiger partial charge is 0.374 e. The van der Waals surface area contributed by atoms with Gasteiger partial charge >= 0.3 is 0 Å². The van der Waals surface area contributed by atoms with Gasteiger partial charge in [-0.05, 0) is 24.5 Å². The van der Waals surface area contributed by atoms with Gasteiger partial charge in [0.1, 0.15) is 0 Å². The lowest BCUT2D eigenvalue weighted by molar-refractivity contribution is -0.151. The van der Waals surface area contributed by atoms with Gasteiger partial charge in [0.25, 0.3) is 0 Å². The second kappa shape index (κ2) is 8.26. The summed E-state index contributed by atoms with van der Waals surface area (Å²) in [5.41, 5.74) is 1.10. The highest BCUT2D eigenvalue weighted by atomic mass is 35.5. The molecule has 142 valence electrons. The Morgan fingerprint density at radius 3 is 2.96 bits per heavy atom. The number of hydrogen-bond acceptors (Lipinski definition) is 4. The zero-order valence-electron chi connectivity index (χ0n) is 15.2. The molecule has 0 bridgehead atoms. The molecule has 3 fully saturated rings. The molecular formula is C20H28ClN3O2. The molecule has 0 aromatic heterocycles. The van der Waals surface area contributed by atoms with Crippen molar-refractivity contribution in [1.29, 1.82) is 0 Å². The quantitative estimate of drug-likeness (QED) is 0.878. The Morgan fingerprint density at radius 2 is 2.08 bits per heavy atom. The fourth-order valence-corrected chi connectivity index (χ4v) is 4.92. The van der Waals surface area contributed by atoms with Gasteiger partial charge in [-0.3, -0.25) is 9.69 Å². The molecule has 1 aromatic rings. The molecule has 1 aromatic carbocycles. The number of halogens is 1. The van der Waals surface area contributed by atoms with Crippen LogP contribution in [0.4, 0.5) is 0 Å². The van der Waals surface area contributed by atoms with Crippen molar-refractivity contribution in [1.82, 2.24) is 15.1 Å². The third-order valence-electron chi connectivity index (χ3n) is 6.01. The van der Waals surface area contributed by atoms with E-state index in [-0.39, 0.29) is 24.1 Å². The fraction of sp³-hybridized carbons (Fsp3) is 0.650. The van der Waals surface area contributed by atoms with Crippen molar-refractivity contribution in [2.24, 2.45) is 0 Å². The van der Waals surface area contributed by atoms with E-state index >= 15 is 0 Å². The van der Waals surface area contributed by atoms with Crippen molar-refractivity contribution in [2.45, 2.75) is 43.9 Å². The van der Waals surface area contributed by atoms with E-state index in [1.54, 1.807) is 0 Å². The van der Waals surface area contributed by atoms with Crippen LogP contribution < -0.4 is 5.32 Å². The van der Waals surface area contributed by atoms with Crippen LogP contribution in [0.5, 0.6) is 0 Å². The lowest BCUT2D eigenvalue weighted by Gasteiger charge is -2.45. The third kappa shape index (κ3) is 3.77. The summed E-state index contributed by atoms with van der Waals surface area (Å²) in [6, 6.07) is 8.39. The summed E-state index contributed by atoms with van der Waals surface area (Å²) in [7, 11) is 0. The first-order chi connectivity index (χ1) is 12.7. The molecule has 1 amide bonds. The smallest absolute Gasteiger partial charge is 0.237 e. The molecule has 2 saturated heterocycles. The van der Waals surface area contributed by atoms with Gasteiger partial charge in [0.15, 0.2) is 0 Å². The number of ether oxygens (including phenoxy) is 1. The Hall–Kier alpha value is -1.14. The summed E-state index contributed by atoms with van der Waals surface area (Å²) >= 11 is 6.43. The molecular weight excluding hydrogens is 350 g/mol. The molecule has 3 aliphatic rings. The summed E-state index contributed by atoms with van der Waals surface area (Å²) in [6.45, 7) is 4.45. The van der Waals surface area contributed by atoms with Crippen LogP contribution in [-0.4, -0.2) is 67.2 Å². The molecule has 1 aliphatic carbocycles. The fourth-order valence-electron chi connectivity index (χ4n) is 4.66. The molecule has 6 heteroatoms. The molecule has 26 heavy (non-hydrogen) atoms. The number of nitrogens with zero attached hydrogens (tertiary/aromatic N) is 2.